The summed E-state index contributed by atoms with van der Waals surface area (Å²) in [5.74, 6) is -0.285. The third kappa shape index (κ3) is 2.87. The van der Waals surface area contributed by atoms with E-state index in [9.17, 15) is 14.7 Å². The molecule has 0 spiro atoms. The van der Waals surface area contributed by atoms with Crippen LogP contribution >= 0.6 is 0 Å². The van der Waals surface area contributed by atoms with Crippen molar-refractivity contribution in [1.82, 2.24) is 14.7 Å². The number of likely N-dealkylation sites (tertiary alicyclic amines) is 1. The van der Waals surface area contributed by atoms with Gasteiger partial charge in [-0.3, -0.25) is 14.5 Å². The fourth-order valence-electron chi connectivity index (χ4n) is 4.68. The van der Waals surface area contributed by atoms with Crippen LogP contribution in [0.25, 0.3) is 0 Å². The number of carbonyl (C=O) groups excluding carboxylic acids is 1. The summed E-state index contributed by atoms with van der Waals surface area (Å²) < 4.78 is 0. The van der Waals surface area contributed by atoms with Crippen LogP contribution in [-0.2, 0) is 9.59 Å². The van der Waals surface area contributed by atoms with Crippen LogP contribution < -0.4 is 0 Å². The van der Waals surface area contributed by atoms with E-state index < -0.39 is 11.4 Å². The fourth-order valence-corrected chi connectivity index (χ4v) is 4.68. The van der Waals surface area contributed by atoms with Gasteiger partial charge in [0.05, 0.1) is 11.5 Å². The second kappa shape index (κ2) is 6.40. The van der Waals surface area contributed by atoms with Gasteiger partial charge in [0.2, 0.25) is 5.91 Å². The number of aliphatic carboxylic acids is 1. The summed E-state index contributed by atoms with van der Waals surface area (Å²) in [4.78, 5) is 31.0. The lowest BCUT2D eigenvalue weighted by Crippen LogP contribution is -2.54. The molecular formula is C17H29N3O3. The predicted molar refractivity (Wildman–Crippen MR) is 87.1 cm³/mol. The van der Waals surface area contributed by atoms with Crippen molar-refractivity contribution in [3.63, 3.8) is 0 Å². The SMILES string of the molecule is CCN1CCN(C(=O)C(C)N2C[C@@H]3CCC[C@@]3(C(=O)O)C2)CC1. The number of rotatable bonds is 4. The van der Waals surface area contributed by atoms with Gasteiger partial charge in [-0.15, -0.1) is 0 Å². The maximum Gasteiger partial charge on any atom is 0.311 e. The van der Waals surface area contributed by atoms with Gasteiger partial charge < -0.3 is 14.9 Å². The average molecular weight is 323 g/mol. The normalized spacial score (nSPS) is 33.7. The highest BCUT2D eigenvalue weighted by atomic mass is 16.4. The van der Waals surface area contributed by atoms with Gasteiger partial charge in [-0.1, -0.05) is 13.3 Å². The summed E-state index contributed by atoms with van der Waals surface area (Å²) in [5, 5.41) is 9.69. The second-order valence-electron chi connectivity index (χ2n) is 7.42. The zero-order valence-corrected chi connectivity index (χ0v) is 14.3. The summed E-state index contributed by atoms with van der Waals surface area (Å²) in [6.07, 6.45) is 2.75. The molecule has 3 rings (SSSR count). The van der Waals surface area contributed by atoms with Gasteiger partial charge in [-0.05, 0) is 32.2 Å². The predicted octanol–water partition coefficient (Wildman–Crippen LogP) is 0.726. The van der Waals surface area contributed by atoms with Crippen LogP contribution in [0, 0.1) is 11.3 Å². The van der Waals surface area contributed by atoms with E-state index in [-0.39, 0.29) is 17.9 Å². The van der Waals surface area contributed by atoms with Gasteiger partial charge in [-0.2, -0.15) is 0 Å². The number of fused-ring (bicyclic) bond motifs is 1. The number of hydrogen-bond acceptors (Lipinski definition) is 4. The molecule has 2 aliphatic heterocycles. The summed E-state index contributed by atoms with van der Waals surface area (Å²) in [5.41, 5.74) is -0.602. The molecule has 0 aromatic carbocycles. The molecule has 130 valence electrons. The lowest BCUT2D eigenvalue weighted by Gasteiger charge is -2.37. The summed E-state index contributed by atoms with van der Waals surface area (Å²) in [7, 11) is 0. The maximum absolute atomic E-state index is 12.8. The topological polar surface area (TPSA) is 64.1 Å². The van der Waals surface area contributed by atoms with Gasteiger partial charge in [0.25, 0.3) is 0 Å². The summed E-state index contributed by atoms with van der Waals surface area (Å²) in [6, 6.07) is -0.204. The molecule has 6 nitrogen and oxygen atoms in total. The van der Waals surface area contributed by atoms with E-state index in [4.69, 9.17) is 0 Å². The number of hydrogen-bond donors (Lipinski definition) is 1. The van der Waals surface area contributed by atoms with Gasteiger partial charge in [0, 0.05) is 39.3 Å². The van der Waals surface area contributed by atoms with Crippen molar-refractivity contribution in [3.05, 3.63) is 0 Å². The second-order valence-corrected chi connectivity index (χ2v) is 7.42. The molecular weight excluding hydrogens is 294 g/mol. The Balaban J connectivity index is 1.62. The third-order valence-electron chi connectivity index (χ3n) is 6.36. The maximum atomic E-state index is 12.8. The molecule has 2 saturated heterocycles. The quantitative estimate of drug-likeness (QED) is 0.826. The van der Waals surface area contributed by atoms with Crippen molar-refractivity contribution < 1.29 is 14.7 Å². The minimum Gasteiger partial charge on any atom is -0.481 e. The lowest BCUT2D eigenvalue weighted by molar-refractivity contribution is -0.150. The highest BCUT2D eigenvalue weighted by Gasteiger charge is 2.56. The monoisotopic (exact) mass is 323 g/mol. The third-order valence-corrected chi connectivity index (χ3v) is 6.36. The number of likely N-dealkylation sites (N-methyl/N-ethyl adjacent to an activating group) is 1. The van der Waals surface area contributed by atoms with Crippen molar-refractivity contribution in [2.45, 2.75) is 39.2 Å². The van der Waals surface area contributed by atoms with Crippen molar-refractivity contribution in [2.75, 3.05) is 45.8 Å². The number of carbonyl (C=O) groups is 2. The molecule has 1 N–H and O–H groups in total. The molecule has 2 heterocycles. The van der Waals surface area contributed by atoms with E-state index in [1.54, 1.807) is 0 Å². The molecule has 6 heteroatoms. The number of carboxylic acids is 1. The van der Waals surface area contributed by atoms with Crippen LogP contribution in [0.3, 0.4) is 0 Å². The van der Waals surface area contributed by atoms with E-state index >= 15 is 0 Å². The van der Waals surface area contributed by atoms with Crippen molar-refractivity contribution in [1.29, 1.82) is 0 Å². The Hall–Kier alpha value is -1.14. The number of carboxylic acid groups (broad SMARTS) is 1. The fraction of sp³-hybridized carbons (Fsp3) is 0.882. The largest absolute Gasteiger partial charge is 0.481 e. The van der Waals surface area contributed by atoms with E-state index in [2.05, 4.69) is 16.7 Å². The first kappa shape index (κ1) is 16.7. The first-order chi connectivity index (χ1) is 11.0. The van der Waals surface area contributed by atoms with Crippen LogP contribution in [0.2, 0.25) is 0 Å². The zero-order valence-electron chi connectivity index (χ0n) is 14.3. The Morgan fingerprint density at radius 1 is 1.26 bits per heavy atom. The molecule has 3 fully saturated rings. The van der Waals surface area contributed by atoms with Crippen molar-refractivity contribution in [2.24, 2.45) is 11.3 Å². The van der Waals surface area contributed by atoms with Gasteiger partial charge in [0.1, 0.15) is 0 Å². The lowest BCUT2D eigenvalue weighted by atomic mass is 9.81. The average Bonchev–Trinajstić information content (AvgIpc) is 3.11. The zero-order chi connectivity index (χ0) is 16.6. The molecule has 0 aromatic heterocycles. The molecule has 3 atom stereocenters. The molecule has 0 bridgehead atoms. The Kier molecular flexibility index (Phi) is 4.65. The molecule has 3 aliphatic rings. The van der Waals surface area contributed by atoms with E-state index in [1.165, 1.54) is 0 Å². The molecule has 1 unspecified atom stereocenters. The first-order valence-electron chi connectivity index (χ1n) is 8.96. The molecule has 23 heavy (non-hydrogen) atoms. The minimum absolute atomic E-state index is 0.168. The molecule has 1 aliphatic carbocycles. The van der Waals surface area contributed by atoms with Crippen molar-refractivity contribution in [3.8, 4) is 0 Å². The first-order valence-corrected chi connectivity index (χ1v) is 8.96. The van der Waals surface area contributed by atoms with Gasteiger partial charge in [0.15, 0.2) is 0 Å². The highest BCUT2D eigenvalue weighted by molar-refractivity contribution is 5.82. The van der Waals surface area contributed by atoms with E-state index in [1.807, 2.05) is 11.8 Å². The number of amides is 1. The van der Waals surface area contributed by atoms with Crippen LogP contribution in [0.15, 0.2) is 0 Å². The van der Waals surface area contributed by atoms with E-state index in [0.717, 1.165) is 58.5 Å². The van der Waals surface area contributed by atoms with Crippen LogP contribution in [0.5, 0.6) is 0 Å². The smallest absolute Gasteiger partial charge is 0.311 e. The summed E-state index contributed by atoms with van der Waals surface area (Å²) >= 11 is 0. The standard InChI is InChI=1S/C17H29N3O3/c1-3-18-7-9-19(10-8-18)15(21)13(2)20-11-14-5-4-6-17(14,12-20)16(22)23/h13-14H,3-12H2,1-2H3,(H,22,23)/t13?,14-,17+/m0/s1. The number of nitrogens with zero attached hydrogens (tertiary/aromatic N) is 3. The molecule has 0 radical (unpaired) electrons. The van der Waals surface area contributed by atoms with Crippen LogP contribution in [-0.4, -0.2) is 83.5 Å². The Labute approximate surface area is 138 Å². The Morgan fingerprint density at radius 2 is 1.96 bits per heavy atom. The van der Waals surface area contributed by atoms with Crippen molar-refractivity contribution >= 4 is 11.9 Å². The highest BCUT2D eigenvalue weighted by Crippen LogP contribution is 2.49. The molecule has 0 aromatic rings. The molecule has 1 saturated carbocycles. The van der Waals surface area contributed by atoms with Crippen LogP contribution in [0.1, 0.15) is 33.1 Å². The van der Waals surface area contributed by atoms with Crippen LogP contribution in [0.4, 0.5) is 0 Å². The molecule has 1 amide bonds. The minimum atomic E-state index is -0.668. The van der Waals surface area contributed by atoms with E-state index in [0.29, 0.717) is 6.54 Å². The summed E-state index contributed by atoms with van der Waals surface area (Å²) in [6.45, 7) is 9.89. The Morgan fingerprint density at radius 3 is 2.52 bits per heavy atom. The van der Waals surface area contributed by atoms with Gasteiger partial charge in [-0.25, -0.2) is 0 Å². The number of piperazine rings is 1. The van der Waals surface area contributed by atoms with Gasteiger partial charge >= 0.3 is 5.97 Å². The Bertz CT molecular complexity index is 476.